The SMILES string of the molecule is Clc1ccc(-c2ccccc2)c2c1O2. The molecule has 1 aliphatic heterocycles. The summed E-state index contributed by atoms with van der Waals surface area (Å²) in [4.78, 5) is 0. The highest BCUT2D eigenvalue weighted by Gasteiger charge is 2.28. The number of fused-ring (bicyclic) bond motifs is 1. The summed E-state index contributed by atoms with van der Waals surface area (Å²) in [7, 11) is 0. The van der Waals surface area contributed by atoms with Gasteiger partial charge in [-0.15, -0.1) is 0 Å². The molecule has 0 aromatic heterocycles. The molecule has 0 bridgehead atoms. The summed E-state index contributed by atoms with van der Waals surface area (Å²) in [6, 6.07) is 14.0. The van der Waals surface area contributed by atoms with Gasteiger partial charge in [0.25, 0.3) is 0 Å². The maximum absolute atomic E-state index is 5.90. The quantitative estimate of drug-likeness (QED) is 0.541. The summed E-state index contributed by atoms with van der Waals surface area (Å²) in [6.07, 6.45) is 0. The summed E-state index contributed by atoms with van der Waals surface area (Å²) in [5, 5.41) is 0.694. The third-order valence-electron chi connectivity index (χ3n) is 2.31. The van der Waals surface area contributed by atoms with Gasteiger partial charge in [0.15, 0.2) is 11.5 Å². The highest BCUT2D eigenvalue weighted by atomic mass is 35.5. The molecule has 0 N–H and O–H groups in total. The minimum Gasteiger partial charge on any atom is -0.447 e. The van der Waals surface area contributed by atoms with Gasteiger partial charge in [-0.3, -0.25) is 0 Å². The van der Waals surface area contributed by atoms with Crippen molar-refractivity contribution in [3.05, 3.63) is 47.5 Å². The molecule has 0 spiro atoms. The van der Waals surface area contributed by atoms with E-state index in [1.807, 2.05) is 30.3 Å². The van der Waals surface area contributed by atoms with Crippen LogP contribution in [0.25, 0.3) is 11.1 Å². The van der Waals surface area contributed by atoms with Crippen molar-refractivity contribution in [3.8, 4) is 22.6 Å². The van der Waals surface area contributed by atoms with Crippen LogP contribution in [-0.2, 0) is 0 Å². The molecule has 0 aliphatic carbocycles. The Bertz CT molecular complexity index is 491. The molecule has 0 saturated heterocycles. The maximum Gasteiger partial charge on any atom is 0.189 e. The van der Waals surface area contributed by atoms with E-state index in [0.29, 0.717) is 5.02 Å². The number of ether oxygens (including phenoxy) is 1. The topological polar surface area (TPSA) is 12.5 Å². The molecule has 1 heterocycles. The Morgan fingerprint density at radius 2 is 1.64 bits per heavy atom. The van der Waals surface area contributed by atoms with E-state index in [9.17, 15) is 0 Å². The van der Waals surface area contributed by atoms with Crippen molar-refractivity contribution in [1.82, 2.24) is 0 Å². The molecule has 2 heteroatoms. The highest BCUT2D eigenvalue weighted by Crippen LogP contribution is 2.56. The van der Waals surface area contributed by atoms with Crippen molar-refractivity contribution in [1.29, 1.82) is 0 Å². The van der Waals surface area contributed by atoms with E-state index in [4.69, 9.17) is 16.3 Å². The molecule has 3 rings (SSSR count). The van der Waals surface area contributed by atoms with Gasteiger partial charge in [-0.05, 0) is 17.7 Å². The van der Waals surface area contributed by atoms with E-state index >= 15 is 0 Å². The molecule has 2 aromatic rings. The molecule has 2 aromatic carbocycles. The Kier molecular flexibility index (Phi) is 1.55. The third kappa shape index (κ3) is 1.10. The molecule has 0 radical (unpaired) electrons. The van der Waals surface area contributed by atoms with Crippen LogP contribution in [-0.4, -0.2) is 0 Å². The predicted molar refractivity (Wildman–Crippen MR) is 57.0 cm³/mol. The molecule has 0 atom stereocenters. The summed E-state index contributed by atoms with van der Waals surface area (Å²) in [5.41, 5.74) is 2.28. The summed E-state index contributed by atoms with van der Waals surface area (Å²) < 4.78 is 5.32. The van der Waals surface area contributed by atoms with Crippen molar-refractivity contribution in [2.75, 3.05) is 0 Å². The fraction of sp³-hybridized carbons (Fsp3) is 0. The third-order valence-corrected chi connectivity index (χ3v) is 2.61. The average Bonchev–Trinajstić information content (AvgIpc) is 3.00. The van der Waals surface area contributed by atoms with Gasteiger partial charge < -0.3 is 4.74 Å². The zero-order valence-corrected chi connectivity index (χ0v) is 8.08. The van der Waals surface area contributed by atoms with Gasteiger partial charge in [0, 0.05) is 5.56 Å². The van der Waals surface area contributed by atoms with Crippen LogP contribution in [0.4, 0.5) is 0 Å². The number of rotatable bonds is 1. The van der Waals surface area contributed by atoms with Crippen molar-refractivity contribution in [3.63, 3.8) is 0 Å². The lowest BCUT2D eigenvalue weighted by Crippen LogP contribution is -1.72. The van der Waals surface area contributed by atoms with Gasteiger partial charge in [-0.1, -0.05) is 41.9 Å². The Balaban J connectivity index is 2.16. The Hall–Kier alpha value is -1.47. The van der Waals surface area contributed by atoms with E-state index < -0.39 is 0 Å². The van der Waals surface area contributed by atoms with E-state index in [2.05, 4.69) is 12.1 Å². The van der Waals surface area contributed by atoms with Crippen LogP contribution in [0.3, 0.4) is 0 Å². The first-order valence-electron chi connectivity index (χ1n) is 4.42. The predicted octanol–water partition coefficient (Wildman–Crippen LogP) is 4.11. The van der Waals surface area contributed by atoms with Crippen LogP contribution < -0.4 is 4.74 Å². The van der Waals surface area contributed by atoms with Gasteiger partial charge >= 0.3 is 0 Å². The van der Waals surface area contributed by atoms with Crippen molar-refractivity contribution < 1.29 is 4.74 Å². The second-order valence-corrected chi connectivity index (χ2v) is 3.63. The zero-order valence-electron chi connectivity index (χ0n) is 7.33. The molecular weight excluding hydrogens is 196 g/mol. The summed E-state index contributed by atoms with van der Waals surface area (Å²) in [6.45, 7) is 0. The van der Waals surface area contributed by atoms with Gasteiger partial charge in [-0.2, -0.15) is 0 Å². The van der Waals surface area contributed by atoms with Crippen molar-refractivity contribution in [2.24, 2.45) is 0 Å². The van der Waals surface area contributed by atoms with E-state index in [0.717, 1.165) is 22.6 Å². The molecule has 0 fully saturated rings. The summed E-state index contributed by atoms with van der Waals surface area (Å²) >= 11 is 5.90. The fourth-order valence-electron chi connectivity index (χ4n) is 1.56. The maximum atomic E-state index is 5.90. The lowest BCUT2D eigenvalue weighted by molar-refractivity contribution is 0.651. The van der Waals surface area contributed by atoms with E-state index in [1.54, 1.807) is 0 Å². The average molecular weight is 203 g/mol. The normalized spacial score (nSPS) is 11.8. The first-order valence-corrected chi connectivity index (χ1v) is 4.80. The number of hydrogen-bond acceptors (Lipinski definition) is 1. The van der Waals surface area contributed by atoms with Gasteiger partial charge in [0.05, 0.1) is 5.02 Å². The Morgan fingerprint density at radius 3 is 2.43 bits per heavy atom. The van der Waals surface area contributed by atoms with Crippen LogP contribution in [0.5, 0.6) is 11.5 Å². The lowest BCUT2D eigenvalue weighted by Gasteiger charge is -1.96. The van der Waals surface area contributed by atoms with Crippen LogP contribution >= 0.6 is 11.6 Å². The molecule has 0 saturated carbocycles. The first kappa shape index (κ1) is 7.89. The number of hydrogen-bond donors (Lipinski definition) is 0. The second-order valence-electron chi connectivity index (χ2n) is 3.22. The van der Waals surface area contributed by atoms with Crippen LogP contribution in [0.1, 0.15) is 0 Å². The van der Waals surface area contributed by atoms with Crippen LogP contribution in [0.15, 0.2) is 42.5 Å². The van der Waals surface area contributed by atoms with Crippen LogP contribution in [0, 0.1) is 0 Å². The molecule has 68 valence electrons. The molecule has 14 heavy (non-hydrogen) atoms. The van der Waals surface area contributed by atoms with Crippen molar-refractivity contribution in [2.45, 2.75) is 0 Å². The molecule has 1 nitrogen and oxygen atoms in total. The molecule has 0 unspecified atom stereocenters. The number of halogens is 1. The second kappa shape index (κ2) is 2.76. The molecule has 0 amide bonds. The minimum absolute atomic E-state index is 0.694. The number of benzene rings is 2. The van der Waals surface area contributed by atoms with Gasteiger partial charge in [0.2, 0.25) is 0 Å². The molecular formula is C12H7ClO. The smallest absolute Gasteiger partial charge is 0.189 e. The van der Waals surface area contributed by atoms with Gasteiger partial charge in [0.1, 0.15) is 0 Å². The standard InChI is InChI=1S/C12H7ClO/c13-10-7-6-9(11-12(10)14-11)8-4-2-1-3-5-8/h1-7H. The van der Waals surface area contributed by atoms with Crippen molar-refractivity contribution >= 4 is 11.6 Å². The first-order chi connectivity index (χ1) is 6.86. The minimum atomic E-state index is 0.694. The fourth-order valence-corrected chi connectivity index (χ4v) is 1.75. The Labute approximate surface area is 86.9 Å². The van der Waals surface area contributed by atoms with E-state index in [1.165, 1.54) is 0 Å². The highest BCUT2D eigenvalue weighted by molar-refractivity contribution is 6.33. The summed E-state index contributed by atoms with van der Waals surface area (Å²) in [5.74, 6) is 1.75. The monoisotopic (exact) mass is 202 g/mol. The van der Waals surface area contributed by atoms with Gasteiger partial charge in [-0.25, -0.2) is 0 Å². The molecule has 1 aliphatic rings. The zero-order chi connectivity index (χ0) is 9.54. The largest absolute Gasteiger partial charge is 0.447 e. The van der Waals surface area contributed by atoms with E-state index in [-0.39, 0.29) is 0 Å². The Morgan fingerprint density at radius 1 is 0.857 bits per heavy atom. The lowest BCUT2D eigenvalue weighted by atomic mass is 10.1. The van der Waals surface area contributed by atoms with Crippen LogP contribution in [0.2, 0.25) is 5.02 Å².